The van der Waals surface area contributed by atoms with Crippen LogP contribution in [0.3, 0.4) is 0 Å². The fourth-order valence-electron chi connectivity index (χ4n) is 3.05. The van der Waals surface area contributed by atoms with Crippen LogP contribution < -0.4 is 5.32 Å². The van der Waals surface area contributed by atoms with Crippen molar-refractivity contribution in [2.75, 3.05) is 20.3 Å². The molecule has 0 aromatic rings. The Balaban J connectivity index is 1.83. The highest BCUT2D eigenvalue weighted by Gasteiger charge is 2.31. The molecule has 0 bridgehead atoms. The van der Waals surface area contributed by atoms with Crippen LogP contribution in [-0.4, -0.2) is 38.5 Å². The molecule has 0 amide bonds. The first-order valence-corrected chi connectivity index (χ1v) is 7.11. The van der Waals surface area contributed by atoms with Crippen molar-refractivity contribution in [1.29, 1.82) is 0 Å². The molecule has 1 saturated carbocycles. The quantitative estimate of drug-likeness (QED) is 0.821. The molecule has 2 aliphatic rings. The molecule has 1 heterocycles. The van der Waals surface area contributed by atoms with Crippen LogP contribution in [0.2, 0.25) is 0 Å². The van der Waals surface area contributed by atoms with Gasteiger partial charge in [-0.3, -0.25) is 0 Å². The predicted molar refractivity (Wildman–Crippen MR) is 69.1 cm³/mol. The summed E-state index contributed by atoms with van der Waals surface area (Å²) in [5, 5.41) is 3.36. The third-order valence-corrected chi connectivity index (χ3v) is 4.59. The van der Waals surface area contributed by atoms with Crippen molar-refractivity contribution in [3.05, 3.63) is 0 Å². The van der Waals surface area contributed by atoms with Crippen LogP contribution in [-0.2, 0) is 9.47 Å². The van der Waals surface area contributed by atoms with E-state index in [4.69, 9.17) is 9.47 Å². The van der Waals surface area contributed by atoms with Crippen molar-refractivity contribution < 1.29 is 9.47 Å². The molecule has 17 heavy (non-hydrogen) atoms. The van der Waals surface area contributed by atoms with Gasteiger partial charge in [-0.05, 0) is 44.6 Å². The molecule has 2 fully saturated rings. The molecule has 5 atom stereocenters. The molecule has 1 aliphatic carbocycles. The van der Waals surface area contributed by atoms with E-state index in [0.717, 1.165) is 31.5 Å². The van der Waals surface area contributed by atoms with E-state index in [0.29, 0.717) is 12.1 Å². The summed E-state index contributed by atoms with van der Waals surface area (Å²) in [6, 6.07) is 0.471. The van der Waals surface area contributed by atoms with E-state index in [2.05, 4.69) is 19.2 Å². The second kappa shape index (κ2) is 6.17. The van der Waals surface area contributed by atoms with Gasteiger partial charge in [0.2, 0.25) is 0 Å². The number of hydrogen-bond donors (Lipinski definition) is 1. The average Bonchev–Trinajstić information content (AvgIpc) is 2.34. The van der Waals surface area contributed by atoms with Gasteiger partial charge in [0.25, 0.3) is 0 Å². The molecule has 100 valence electrons. The fourth-order valence-corrected chi connectivity index (χ4v) is 3.05. The molecular weight excluding hydrogens is 214 g/mol. The summed E-state index contributed by atoms with van der Waals surface area (Å²) in [7, 11) is 2.03. The lowest BCUT2D eigenvalue weighted by molar-refractivity contribution is -0.114. The zero-order valence-electron chi connectivity index (χ0n) is 11.4. The van der Waals surface area contributed by atoms with E-state index < -0.39 is 0 Å². The molecular formula is C14H27NO2. The van der Waals surface area contributed by atoms with Crippen LogP contribution in [0.5, 0.6) is 0 Å². The number of rotatable bonds is 3. The van der Waals surface area contributed by atoms with Gasteiger partial charge in [0.15, 0.2) is 0 Å². The highest BCUT2D eigenvalue weighted by Crippen LogP contribution is 2.32. The monoisotopic (exact) mass is 241 g/mol. The summed E-state index contributed by atoms with van der Waals surface area (Å²) >= 11 is 0. The molecule has 2 rings (SSSR count). The highest BCUT2D eigenvalue weighted by atomic mass is 16.5. The van der Waals surface area contributed by atoms with Crippen LogP contribution in [0.15, 0.2) is 0 Å². The molecule has 0 aromatic carbocycles. The topological polar surface area (TPSA) is 30.5 Å². The first-order valence-electron chi connectivity index (χ1n) is 7.11. The lowest BCUT2D eigenvalue weighted by Gasteiger charge is -2.38. The fraction of sp³-hybridized carbons (Fsp3) is 1.00. The Bertz CT molecular complexity index is 234. The molecule has 5 unspecified atom stereocenters. The normalized spacial score (nSPS) is 43.6. The predicted octanol–water partition coefficient (Wildman–Crippen LogP) is 2.20. The summed E-state index contributed by atoms with van der Waals surface area (Å²) in [5.74, 6) is 1.66. The van der Waals surface area contributed by atoms with Gasteiger partial charge in [-0.2, -0.15) is 0 Å². The number of nitrogens with one attached hydrogen (secondary N) is 1. The van der Waals surface area contributed by atoms with Crippen molar-refractivity contribution in [2.24, 2.45) is 11.8 Å². The average molecular weight is 241 g/mol. The molecule has 1 aliphatic heterocycles. The van der Waals surface area contributed by atoms with Gasteiger partial charge in [-0.25, -0.2) is 0 Å². The van der Waals surface area contributed by atoms with E-state index in [1.807, 2.05) is 7.05 Å². The van der Waals surface area contributed by atoms with Gasteiger partial charge in [0.1, 0.15) is 0 Å². The second-order valence-corrected chi connectivity index (χ2v) is 5.82. The van der Waals surface area contributed by atoms with E-state index in [1.54, 1.807) is 0 Å². The maximum absolute atomic E-state index is 6.27. The van der Waals surface area contributed by atoms with Crippen LogP contribution in [0.1, 0.15) is 39.5 Å². The molecule has 0 aromatic heterocycles. The van der Waals surface area contributed by atoms with Crippen molar-refractivity contribution in [3.8, 4) is 0 Å². The molecule has 3 nitrogen and oxygen atoms in total. The Morgan fingerprint density at radius 3 is 2.65 bits per heavy atom. The first-order chi connectivity index (χ1) is 8.20. The van der Waals surface area contributed by atoms with Crippen molar-refractivity contribution in [2.45, 2.75) is 57.8 Å². The van der Waals surface area contributed by atoms with Crippen LogP contribution in [0, 0.1) is 11.8 Å². The van der Waals surface area contributed by atoms with Gasteiger partial charge < -0.3 is 14.8 Å². The van der Waals surface area contributed by atoms with Gasteiger partial charge >= 0.3 is 0 Å². The Labute approximate surface area is 105 Å². The zero-order chi connectivity index (χ0) is 12.3. The molecule has 0 spiro atoms. The Morgan fingerprint density at radius 1 is 1.12 bits per heavy atom. The van der Waals surface area contributed by atoms with Crippen molar-refractivity contribution in [3.63, 3.8) is 0 Å². The van der Waals surface area contributed by atoms with Gasteiger partial charge in [0, 0.05) is 12.6 Å². The zero-order valence-corrected chi connectivity index (χ0v) is 11.4. The Morgan fingerprint density at radius 2 is 1.94 bits per heavy atom. The smallest absolute Gasteiger partial charge is 0.0965 e. The lowest BCUT2D eigenvalue weighted by atomic mass is 9.80. The number of ether oxygens (including phenoxy) is 2. The Kier molecular flexibility index (Phi) is 4.83. The van der Waals surface area contributed by atoms with E-state index in [1.165, 1.54) is 19.3 Å². The number of hydrogen-bond acceptors (Lipinski definition) is 3. The van der Waals surface area contributed by atoms with E-state index >= 15 is 0 Å². The molecule has 0 radical (unpaired) electrons. The largest absolute Gasteiger partial charge is 0.379 e. The summed E-state index contributed by atoms with van der Waals surface area (Å²) in [6.45, 7) is 6.34. The van der Waals surface area contributed by atoms with Crippen LogP contribution in [0.4, 0.5) is 0 Å². The van der Waals surface area contributed by atoms with Crippen molar-refractivity contribution in [1.82, 2.24) is 5.32 Å². The first kappa shape index (κ1) is 13.3. The minimum absolute atomic E-state index is 0.249. The third kappa shape index (κ3) is 3.43. The van der Waals surface area contributed by atoms with E-state index in [9.17, 15) is 0 Å². The highest BCUT2D eigenvalue weighted by molar-refractivity contribution is 4.83. The standard InChI is InChI=1S/C14H27NO2/c1-10-4-5-12(8-11(10)2)17-14-9-16-7-6-13(14)15-3/h10-15H,4-9H2,1-3H3. The van der Waals surface area contributed by atoms with Crippen LogP contribution >= 0.6 is 0 Å². The lowest BCUT2D eigenvalue weighted by Crippen LogP contribution is -2.48. The molecule has 1 saturated heterocycles. The number of likely N-dealkylation sites (N-methyl/N-ethyl adjacent to an activating group) is 1. The second-order valence-electron chi connectivity index (χ2n) is 5.82. The summed E-state index contributed by atoms with van der Waals surface area (Å²) in [6.07, 6.45) is 5.51. The van der Waals surface area contributed by atoms with E-state index in [-0.39, 0.29) is 6.10 Å². The summed E-state index contributed by atoms with van der Waals surface area (Å²) < 4.78 is 11.8. The maximum Gasteiger partial charge on any atom is 0.0965 e. The van der Waals surface area contributed by atoms with Crippen LogP contribution in [0.25, 0.3) is 0 Å². The minimum atomic E-state index is 0.249. The van der Waals surface area contributed by atoms with Gasteiger partial charge in [0.05, 0.1) is 18.8 Å². The molecule has 1 N–H and O–H groups in total. The third-order valence-electron chi connectivity index (χ3n) is 4.59. The Hall–Kier alpha value is -0.120. The maximum atomic E-state index is 6.27. The minimum Gasteiger partial charge on any atom is -0.379 e. The summed E-state index contributed by atoms with van der Waals surface area (Å²) in [4.78, 5) is 0. The molecule has 3 heteroatoms. The van der Waals surface area contributed by atoms with Crippen molar-refractivity contribution >= 4 is 0 Å². The SMILES string of the molecule is CNC1CCOCC1OC1CCC(C)C(C)C1. The summed E-state index contributed by atoms with van der Waals surface area (Å²) in [5.41, 5.74) is 0. The van der Waals surface area contributed by atoms with Gasteiger partial charge in [-0.1, -0.05) is 13.8 Å². The van der Waals surface area contributed by atoms with Gasteiger partial charge in [-0.15, -0.1) is 0 Å².